The molecule has 1 amide bonds. The van der Waals surface area contributed by atoms with E-state index >= 15 is 0 Å². The number of amides is 1. The first-order valence-corrected chi connectivity index (χ1v) is 8.88. The number of carbonyl (C=O) groups is 1. The molecule has 0 spiro atoms. The molecular weight excluding hydrogens is 280 g/mol. The van der Waals surface area contributed by atoms with E-state index in [-0.39, 0.29) is 11.4 Å². The molecule has 0 bridgehead atoms. The van der Waals surface area contributed by atoms with Gasteiger partial charge in [0.2, 0.25) is 5.91 Å². The van der Waals surface area contributed by atoms with Crippen molar-refractivity contribution < 1.29 is 4.79 Å². The van der Waals surface area contributed by atoms with Crippen molar-refractivity contribution in [2.75, 3.05) is 18.1 Å². The first-order valence-electron chi connectivity index (χ1n) is 7.73. The zero-order valence-electron chi connectivity index (χ0n) is 13.2. The lowest BCUT2D eigenvalue weighted by Crippen LogP contribution is -2.46. The summed E-state index contributed by atoms with van der Waals surface area (Å²) < 4.78 is 0. The van der Waals surface area contributed by atoms with Crippen LogP contribution in [0.25, 0.3) is 0 Å². The molecule has 0 saturated carbocycles. The van der Waals surface area contributed by atoms with Crippen LogP contribution in [0, 0.1) is 0 Å². The van der Waals surface area contributed by atoms with Gasteiger partial charge in [-0.1, -0.05) is 31.2 Å². The van der Waals surface area contributed by atoms with E-state index in [2.05, 4.69) is 55.7 Å². The predicted octanol–water partition coefficient (Wildman–Crippen LogP) is 2.70. The summed E-state index contributed by atoms with van der Waals surface area (Å²) in [6.07, 6.45) is 1.60. The third-order valence-corrected chi connectivity index (χ3v) is 5.10. The molecule has 1 aromatic carbocycles. The van der Waals surface area contributed by atoms with Crippen molar-refractivity contribution in [1.29, 1.82) is 0 Å². The van der Waals surface area contributed by atoms with Crippen LogP contribution in [0.5, 0.6) is 0 Å². The topological polar surface area (TPSA) is 41.1 Å². The summed E-state index contributed by atoms with van der Waals surface area (Å²) in [5.41, 5.74) is 2.15. The molecule has 3 nitrogen and oxygen atoms in total. The molecule has 0 aliphatic carbocycles. The molecule has 1 saturated heterocycles. The summed E-state index contributed by atoms with van der Waals surface area (Å²) in [7, 11) is 0. The molecule has 1 aromatic rings. The van der Waals surface area contributed by atoms with Crippen molar-refractivity contribution in [1.82, 2.24) is 10.6 Å². The third kappa shape index (κ3) is 4.75. The van der Waals surface area contributed by atoms with Gasteiger partial charge in [-0.25, -0.2) is 0 Å². The number of hydrogen-bond acceptors (Lipinski definition) is 3. The highest BCUT2D eigenvalue weighted by atomic mass is 32.2. The molecule has 1 heterocycles. The van der Waals surface area contributed by atoms with E-state index in [1.54, 1.807) is 0 Å². The van der Waals surface area contributed by atoms with Crippen LogP contribution in [0.15, 0.2) is 24.3 Å². The quantitative estimate of drug-likeness (QED) is 0.879. The molecule has 4 heteroatoms. The lowest BCUT2D eigenvalue weighted by atomic mass is 9.92. The second-order valence-corrected chi connectivity index (χ2v) is 7.30. The predicted molar refractivity (Wildman–Crippen MR) is 90.7 cm³/mol. The van der Waals surface area contributed by atoms with Crippen molar-refractivity contribution in [2.45, 2.75) is 45.2 Å². The van der Waals surface area contributed by atoms with Crippen LogP contribution in [0.4, 0.5) is 0 Å². The maximum Gasteiger partial charge on any atom is 0.222 e. The number of rotatable bonds is 5. The molecule has 0 aromatic heterocycles. The van der Waals surface area contributed by atoms with Crippen LogP contribution in [-0.4, -0.2) is 30.0 Å². The molecule has 1 fully saturated rings. The molecule has 1 unspecified atom stereocenters. The van der Waals surface area contributed by atoms with E-state index in [1.165, 1.54) is 5.56 Å². The Kier molecular flexibility index (Phi) is 5.71. The van der Waals surface area contributed by atoms with Crippen molar-refractivity contribution >= 4 is 17.7 Å². The van der Waals surface area contributed by atoms with Gasteiger partial charge in [-0.3, -0.25) is 4.79 Å². The van der Waals surface area contributed by atoms with E-state index in [0.717, 1.165) is 30.0 Å². The highest BCUT2D eigenvalue weighted by Crippen LogP contribution is 2.21. The van der Waals surface area contributed by atoms with Gasteiger partial charge in [0.25, 0.3) is 0 Å². The molecular formula is C17H26N2OS. The van der Waals surface area contributed by atoms with Gasteiger partial charge in [0.05, 0.1) is 5.54 Å². The zero-order valence-corrected chi connectivity index (χ0v) is 14.1. The van der Waals surface area contributed by atoms with Gasteiger partial charge in [0, 0.05) is 30.5 Å². The van der Waals surface area contributed by atoms with Crippen LogP contribution in [0.1, 0.15) is 38.3 Å². The Balaban J connectivity index is 1.93. The van der Waals surface area contributed by atoms with E-state index in [4.69, 9.17) is 0 Å². The van der Waals surface area contributed by atoms with Gasteiger partial charge in [-0.15, -0.1) is 0 Å². The summed E-state index contributed by atoms with van der Waals surface area (Å²) in [5, 5.41) is 6.58. The second-order valence-electron chi connectivity index (χ2n) is 6.15. The fourth-order valence-corrected chi connectivity index (χ4v) is 3.55. The molecule has 0 radical (unpaired) electrons. The SMILES string of the molecule is CCc1ccc(C(C)(C)NC(=O)CC2CSCCN2)cc1. The van der Waals surface area contributed by atoms with Crippen molar-refractivity contribution in [2.24, 2.45) is 0 Å². The first-order chi connectivity index (χ1) is 10.0. The van der Waals surface area contributed by atoms with E-state index in [9.17, 15) is 4.79 Å². The lowest BCUT2D eigenvalue weighted by molar-refractivity contribution is -0.123. The largest absolute Gasteiger partial charge is 0.347 e. The molecule has 116 valence electrons. The van der Waals surface area contributed by atoms with E-state index in [0.29, 0.717) is 12.5 Å². The maximum absolute atomic E-state index is 12.3. The summed E-state index contributed by atoms with van der Waals surface area (Å²) in [4.78, 5) is 12.3. The summed E-state index contributed by atoms with van der Waals surface area (Å²) in [6, 6.07) is 8.83. The number of hydrogen-bond donors (Lipinski definition) is 2. The van der Waals surface area contributed by atoms with Gasteiger partial charge in [0.15, 0.2) is 0 Å². The molecule has 2 rings (SSSR count). The normalized spacial score (nSPS) is 19.3. The Bertz CT molecular complexity index is 464. The minimum atomic E-state index is -0.328. The Morgan fingerprint density at radius 2 is 2.10 bits per heavy atom. The highest BCUT2D eigenvalue weighted by molar-refractivity contribution is 7.99. The zero-order chi connectivity index (χ0) is 15.3. The minimum Gasteiger partial charge on any atom is -0.347 e. The summed E-state index contributed by atoms with van der Waals surface area (Å²) >= 11 is 1.92. The first kappa shape index (κ1) is 16.4. The monoisotopic (exact) mass is 306 g/mol. The molecule has 1 aliphatic rings. The molecule has 1 aliphatic heterocycles. The van der Waals surface area contributed by atoms with Crippen LogP contribution in [0.2, 0.25) is 0 Å². The van der Waals surface area contributed by atoms with Crippen LogP contribution in [0.3, 0.4) is 0 Å². The fourth-order valence-electron chi connectivity index (χ4n) is 2.60. The number of nitrogens with one attached hydrogen (secondary N) is 2. The minimum absolute atomic E-state index is 0.125. The molecule has 2 N–H and O–H groups in total. The average molecular weight is 306 g/mol. The summed E-state index contributed by atoms with van der Waals surface area (Å²) in [5.74, 6) is 2.30. The Morgan fingerprint density at radius 1 is 1.38 bits per heavy atom. The van der Waals surface area contributed by atoms with Gasteiger partial charge in [-0.05, 0) is 31.4 Å². The highest BCUT2D eigenvalue weighted by Gasteiger charge is 2.24. The van der Waals surface area contributed by atoms with Crippen molar-refractivity contribution in [3.05, 3.63) is 35.4 Å². The Hall–Kier alpha value is -1.00. The number of carbonyl (C=O) groups excluding carboxylic acids is 1. The average Bonchev–Trinajstić information content (AvgIpc) is 2.47. The smallest absolute Gasteiger partial charge is 0.222 e. The van der Waals surface area contributed by atoms with Crippen LogP contribution in [-0.2, 0) is 16.8 Å². The molecule has 21 heavy (non-hydrogen) atoms. The van der Waals surface area contributed by atoms with E-state index in [1.807, 2.05) is 11.8 Å². The Morgan fingerprint density at radius 3 is 2.67 bits per heavy atom. The number of benzene rings is 1. The van der Waals surface area contributed by atoms with Crippen molar-refractivity contribution in [3.8, 4) is 0 Å². The third-order valence-electron chi connectivity index (χ3n) is 3.97. The lowest BCUT2D eigenvalue weighted by Gasteiger charge is -2.29. The standard InChI is InChI=1S/C17H26N2OS/c1-4-13-5-7-14(8-6-13)17(2,3)19-16(20)11-15-12-21-10-9-18-15/h5-8,15,18H,4,9-12H2,1-3H3,(H,19,20). The van der Waals surface area contributed by atoms with Gasteiger partial charge >= 0.3 is 0 Å². The van der Waals surface area contributed by atoms with E-state index < -0.39 is 0 Å². The second kappa shape index (κ2) is 7.32. The van der Waals surface area contributed by atoms with Crippen LogP contribution < -0.4 is 10.6 Å². The van der Waals surface area contributed by atoms with Gasteiger partial charge in [-0.2, -0.15) is 11.8 Å². The molecule has 1 atom stereocenters. The van der Waals surface area contributed by atoms with Gasteiger partial charge in [0.1, 0.15) is 0 Å². The maximum atomic E-state index is 12.3. The van der Waals surface area contributed by atoms with Crippen molar-refractivity contribution in [3.63, 3.8) is 0 Å². The summed E-state index contributed by atoms with van der Waals surface area (Å²) in [6.45, 7) is 7.28. The number of aryl methyl sites for hydroxylation is 1. The Labute approximate surface area is 132 Å². The fraction of sp³-hybridized carbons (Fsp3) is 0.588. The van der Waals surface area contributed by atoms with Crippen LogP contribution >= 0.6 is 11.8 Å². The number of thioether (sulfide) groups is 1. The van der Waals surface area contributed by atoms with Gasteiger partial charge < -0.3 is 10.6 Å².